The maximum absolute atomic E-state index is 12.9. The number of hydrogen-bond acceptors (Lipinski definition) is 5. The summed E-state index contributed by atoms with van der Waals surface area (Å²) in [6, 6.07) is 0. The second-order valence-electron chi connectivity index (χ2n) is 10.0. The van der Waals surface area contributed by atoms with Gasteiger partial charge < -0.3 is 19.1 Å². The molecule has 1 aliphatic rings. The first-order valence-corrected chi connectivity index (χ1v) is 13.0. The van der Waals surface area contributed by atoms with Crippen LogP contribution in [0.1, 0.15) is 111 Å². The highest BCUT2D eigenvalue weighted by molar-refractivity contribution is 5.72. The van der Waals surface area contributed by atoms with Crippen molar-refractivity contribution in [1.82, 2.24) is 4.90 Å². The molecule has 5 nitrogen and oxygen atoms in total. The van der Waals surface area contributed by atoms with Crippen LogP contribution in [0.4, 0.5) is 0 Å². The molecule has 0 spiro atoms. The van der Waals surface area contributed by atoms with Gasteiger partial charge in [0.1, 0.15) is 12.7 Å². The summed E-state index contributed by atoms with van der Waals surface area (Å²) >= 11 is 0. The molecule has 2 atom stereocenters. The standard InChI is InChI=1S/C26H51NO4/c1-7-9-11-13-15-17-22(18-16-14-12-10-8-2)25(28)29-21-24-23(19-20-27(5)6)30-26(3,4)31-24/h22-24H,7-21H2,1-6H3. The van der Waals surface area contributed by atoms with E-state index in [4.69, 9.17) is 14.2 Å². The number of hydrogen-bond donors (Lipinski definition) is 0. The summed E-state index contributed by atoms with van der Waals surface area (Å²) in [6.45, 7) is 9.56. The van der Waals surface area contributed by atoms with Crippen LogP contribution in [0.15, 0.2) is 0 Å². The topological polar surface area (TPSA) is 48.0 Å². The van der Waals surface area contributed by atoms with E-state index >= 15 is 0 Å². The third kappa shape index (κ3) is 12.8. The molecule has 5 heteroatoms. The van der Waals surface area contributed by atoms with Gasteiger partial charge in [-0.15, -0.1) is 0 Å². The zero-order valence-electron chi connectivity index (χ0n) is 21.4. The van der Waals surface area contributed by atoms with Gasteiger partial charge in [0.2, 0.25) is 0 Å². The van der Waals surface area contributed by atoms with Crippen LogP contribution in [0.25, 0.3) is 0 Å². The van der Waals surface area contributed by atoms with Gasteiger partial charge in [-0.3, -0.25) is 4.79 Å². The molecule has 0 amide bonds. The van der Waals surface area contributed by atoms with E-state index in [9.17, 15) is 4.79 Å². The number of esters is 1. The second-order valence-corrected chi connectivity index (χ2v) is 10.0. The number of rotatable bonds is 18. The van der Waals surface area contributed by atoms with E-state index < -0.39 is 5.79 Å². The van der Waals surface area contributed by atoms with Gasteiger partial charge in [-0.05, 0) is 47.2 Å². The predicted octanol–water partition coefficient (Wildman–Crippen LogP) is 6.34. The van der Waals surface area contributed by atoms with Gasteiger partial charge >= 0.3 is 5.97 Å². The Morgan fingerprint density at radius 2 is 1.39 bits per heavy atom. The summed E-state index contributed by atoms with van der Waals surface area (Å²) in [6.07, 6.45) is 14.8. The van der Waals surface area contributed by atoms with Crippen LogP contribution >= 0.6 is 0 Å². The molecule has 0 radical (unpaired) electrons. The highest BCUT2D eigenvalue weighted by atomic mass is 16.8. The minimum atomic E-state index is -0.619. The van der Waals surface area contributed by atoms with Gasteiger partial charge in [0.15, 0.2) is 5.79 Å². The van der Waals surface area contributed by atoms with Crippen LogP contribution in [0.5, 0.6) is 0 Å². The normalized spacial score (nSPS) is 20.6. The molecule has 0 aromatic heterocycles. The zero-order chi connectivity index (χ0) is 23.1. The van der Waals surface area contributed by atoms with Gasteiger partial charge in [0.05, 0.1) is 12.0 Å². The lowest BCUT2D eigenvalue weighted by Gasteiger charge is -2.21. The van der Waals surface area contributed by atoms with E-state index in [2.05, 4.69) is 32.8 Å². The average Bonchev–Trinajstić information content (AvgIpc) is 3.02. The van der Waals surface area contributed by atoms with Gasteiger partial charge in [-0.1, -0.05) is 78.1 Å². The van der Waals surface area contributed by atoms with Gasteiger partial charge in [0.25, 0.3) is 0 Å². The van der Waals surface area contributed by atoms with Gasteiger partial charge in [-0.2, -0.15) is 0 Å². The van der Waals surface area contributed by atoms with Crippen molar-refractivity contribution in [2.45, 2.75) is 129 Å². The van der Waals surface area contributed by atoms with Crippen molar-refractivity contribution in [1.29, 1.82) is 0 Å². The molecule has 184 valence electrons. The number of nitrogens with zero attached hydrogens (tertiary/aromatic N) is 1. The third-order valence-corrected chi connectivity index (χ3v) is 6.18. The van der Waals surface area contributed by atoms with Crippen molar-refractivity contribution < 1.29 is 19.0 Å². The minimum absolute atomic E-state index is 0.0267. The van der Waals surface area contributed by atoms with Crippen LogP contribution in [0.2, 0.25) is 0 Å². The Labute approximate surface area is 192 Å². The molecule has 31 heavy (non-hydrogen) atoms. The quantitative estimate of drug-likeness (QED) is 0.183. The van der Waals surface area contributed by atoms with Crippen molar-refractivity contribution in [3.8, 4) is 0 Å². The van der Waals surface area contributed by atoms with E-state index in [0.29, 0.717) is 6.61 Å². The zero-order valence-corrected chi connectivity index (χ0v) is 21.4. The van der Waals surface area contributed by atoms with Crippen LogP contribution in [-0.2, 0) is 19.0 Å². The van der Waals surface area contributed by atoms with E-state index in [-0.39, 0.29) is 24.1 Å². The lowest BCUT2D eigenvalue weighted by Crippen LogP contribution is -2.33. The molecule has 0 bridgehead atoms. The van der Waals surface area contributed by atoms with Crippen molar-refractivity contribution in [2.24, 2.45) is 5.92 Å². The molecule has 0 N–H and O–H groups in total. The van der Waals surface area contributed by atoms with Crippen LogP contribution < -0.4 is 0 Å². The number of unbranched alkanes of at least 4 members (excludes halogenated alkanes) is 8. The molecule has 1 heterocycles. The largest absolute Gasteiger partial charge is 0.463 e. The third-order valence-electron chi connectivity index (χ3n) is 6.18. The van der Waals surface area contributed by atoms with Gasteiger partial charge in [-0.25, -0.2) is 0 Å². The Morgan fingerprint density at radius 1 is 0.871 bits per heavy atom. The highest BCUT2D eigenvalue weighted by Crippen LogP contribution is 2.30. The maximum Gasteiger partial charge on any atom is 0.309 e. The van der Waals surface area contributed by atoms with Crippen molar-refractivity contribution in [3.05, 3.63) is 0 Å². The van der Waals surface area contributed by atoms with E-state index in [0.717, 1.165) is 38.6 Å². The van der Waals surface area contributed by atoms with Crippen molar-refractivity contribution >= 4 is 5.97 Å². The minimum Gasteiger partial charge on any atom is -0.463 e. The Balaban J connectivity index is 2.52. The SMILES string of the molecule is CCCCCCCC(CCCCCCC)C(=O)OCC1OC(C)(C)OC1CCN(C)C. The molecular weight excluding hydrogens is 390 g/mol. The second kappa shape index (κ2) is 16.0. The smallest absolute Gasteiger partial charge is 0.309 e. The fourth-order valence-corrected chi connectivity index (χ4v) is 4.33. The molecule has 0 aromatic rings. The summed E-state index contributed by atoms with van der Waals surface area (Å²) in [4.78, 5) is 15.1. The first-order chi connectivity index (χ1) is 14.8. The molecule has 1 aliphatic heterocycles. The molecule has 0 aliphatic carbocycles. The molecule has 2 unspecified atom stereocenters. The van der Waals surface area contributed by atoms with Crippen LogP contribution in [0, 0.1) is 5.92 Å². The molecule has 1 fully saturated rings. The van der Waals surface area contributed by atoms with Crippen molar-refractivity contribution in [2.75, 3.05) is 27.2 Å². The van der Waals surface area contributed by atoms with Crippen LogP contribution in [-0.4, -0.2) is 56.1 Å². The molecule has 0 saturated carbocycles. The number of ether oxygens (including phenoxy) is 3. The molecular formula is C26H51NO4. The highest BCUT2D eigenvalue weighted by Gasteiger charge is 2.41. The van der Waals surface area contributed by atoms with Crippen LogP contribution in [0.3, 0.4) is 0 Å². The summed E-state index contributed by atoms with van der Waals surface area (Å²) in [5, 5.41) is 0. The Bertz CT molecular complexity index is 452. The van der Waals surface area contributed by atoms with E-state index in [1.165, 1.54) is 51.4 Å². The number of carbonyl (C=O) groups is 1. The first kappa shape index (κ1) is 28.4. The Hall–Kier alpha value is -0.650. The van der Waals surface area contributed by atoms with E-state index in [1.54, 1.807) is 0 Å². The fraction of sp³-hybridized carbons (Fsp3) is 0.962. The Kier molecular flexibility index (Phi) is 14.7. The lowest BCUT2D eigenvalue weighted by molar-refractivity contribution is -0.163. The summed E-state index contributed by atoms with van der Waals surface area (Å²) < 4.78 is 17.9. The van der Waals surface area contributed by atoms with E-state index in [1.807, 2.05) is 13.8 Å². The monoisotopic (exact) mass is 441 g/mol. The predicted molar refractivity (Wildman–Crippen MR) is 128 cm³/mol. The Morgan fingerprint density at radius 3 is 1.90 bits per heavy atom. The number of carbonyl (C=O) groups excluding carboxylic acids is 1. The van der Waals surface area contributed by atoms with Gasteiger partial charge in [0, 0.05) is 6.54 Å². The fourth-order valence-electron chi connectivity index (χ4n) is 4.33. The lowest BCUT2D eigenvalue weighted by atomic mass is 9.94. The first-order valence-electron chi connectivity index (χ1n) is 13.0. The van der Waals surface area contributed by atoms with Crippen molar-refractivity contribution in [3.63, 3.8) is 0 Å². The summed E-state index contributed by atoms with van der Waals surface area (Å²) in [5.41, 5.74) is 0. The maximum atomic E-state index is 12.9. The molecule has 1 saturated heterocycles. The molecule has 1 rings (SSSR count). The summed E-state index contributed by atoms with van der Waals surface area (Å²) in [7, 11) is 4.11. The average molecular weight is 442 g/mol. The molecule has 0 aromatic carbocycles. The summed E-state index contributed by atoms with van der Waals surface area (Å²) in [5.74, 6) is -0.629.